The molecule has 0 heterocycles. The van der Waals surface area contributed by atoms with Crippen LogP contribution in [0.4, 0.5) is 0 Å². The van der Waals surface area contributed by atoms with E-state index in [9.17, 15) is 0 Å². The van der Waals surface area contributed by atoms with Gasteiger partial charge in [-0.3, -0.25) is 0 Å². The van der Waals surface area contributed by atoms with E-state index in [1.807, 2.05) is 24.3 Å². The highest BCUT2D eigenvalue weighted by Gasteiger charge is 2.17. The van der Waals surface area contributed by atoms with Gasteiger partial charge < -0.3 is 0 Å². The van der Waals surface area contributed by atoms with Crippen LogP contribution in [0.5, 0.6) is 0 Å². The Kier molecular flexibility index (Phi) is 4.76. The lowest BCUT2D eigenvalue weighted by atomic mass is 10.0. The van der Waals surface area contributed by atoms with Crippen LogP contribution in [0, 0.1) is 6.92 Å². The fourth-order valence-corrected chi connectivity index (χ4v) is 3.57. The Hall–Kier alpha value is -0.0200. The topological polar surface area (TPSA) is 0 Å². The minimum Gasteiger partial charge on any atom is -0.0843 e. The molecule has 0 aliphatic heterocycles. The Balaban J connectivity index is 2.51. The highest BCUT2D eigenvalue weighted by Crippen LogP contribution is 2.39. The van der Waals surface area contributed by atoms with E-state index in [0.717, 1.165) is 10.0 Å². The fourth-order valence-electron chi connectivity index (χ4n) is 1.78. The first-order valence-electron chi connectivity index (χ1n) is 5.34. The first-order chi connectivity index (χ1) is 8.50. The lowest BCUT2D eigenvalue weighted by Crippen LogP contribution is -1.97. The standard InChI is InChI=1S/C14H10Br2Cl2/c1-8-10(3-2-4-12(8)15)14(16)11-7-9(17)5-6-13(11)18/h2-7,14H,1H3. The molecule has 0 nitrogen and oxygen atoms in total. The summed E-state index contributed by atoms with van der Waals surface area (Å²) in [6, 6.07) is 11.6. The Morgan fingerprint density at radius 2 is 1.78 bits per heavy atom. The van der Waals surface area contributed by atoms with Gasteiger partial charge in [-0.1, -0.05) is 67.2 Å². The molecule has 0 aliphatic rings. The van der Waals surface area contributed by atoms with Crippen LogP contribution in [0.2, 0.25) is 10.0 Å². The van der Waals surface area contributed by atoms with E-state index in [1.165, 1.54) is 11.1 Å². The van der Waals surface area contributed by atoms with Gasteiger partial charge in [-0.25, -0.2) is 0 Å². The average molecular weight is 409 g/mol. The summed E-state index contributed by atoms with van der Waals surface area (Å²) in [5.74, 6) is 0. The molecule has 94 valence electrons. The van der Waals surface area contributed by atoms with Gasteiger partial charge in [-0.15, -0.1) is 0 Å². The van der Waals surface area contributed by atoms with Crippen LogP contribution in [0.1, 0.15) is 21.5 Å². The molecule has 0 aliphatic carbocycles. The van der Waals surface area contributed by atoms with Crippen LogP contribution in [-0.2, 0) is 0 Å². The van der Waals surface area contributed by atoms with E-state index >= 15 is 0 Å². The van der Waals surface area contributed by atoms with Crippen molar-refractivity contribution < 1.29 is 0 Å². The maximum atomic E-state index is 6.23. The third-order valence-electron chi connectivity index (χ3n) is 2.81. The molecule has 18 heavy (non-hydrogen) atoms. The number of benzene rings is 2. The van der Waals surface area contributed by atoms with E-state index in [2.05, 4.69) is 44.8 Å². The molecule has 0 spiro atoms. The number of halogens is 4. The summed E-state index contributed by atoms with van der Waals surface area (Å²) in [5, 5.41) is 1.40. The first kappa shape index (κ1) is 14.4. The molecule has 2 aromatic rings. The fraction of sp³-hybridized carbons (Fsp3) is 0.143. The zero-order valence-electron chi connectivity index (χ0n) is 9.55. The van der Waals surface area contributed by atoms with Crippen molar-refractivity contribution in [1.29, 1.82) is 0 Å². The number of alkyl halides is 1. The Labute approximate surface area is 134 Å². The van der Waals surface area contributed by atoms with Crippen molar-refractivity contribution in [3.63, 3.8) is 0 Å². The largest absolute Gasteiger partial charge is 0.0843 e. The molecule has 4 heteroatoms. The molecular weight excluding hydrogens is 399 g/mol. The predicted octanol–water partition coefficient (Wildman–Crippen LogP) is 6.55. The molecule has 0 radical (unpaired) electrons. The van der Waals surface area contributed by atoms with Crippen LogP contribution in [-0.4, -0.2) is 0 Å². The van der Waals surface area contributed by atoms with E-state index < -0.39 is 0 Å². The Bertz CT molecular complexity index is 580. The van der Waals surface area contributed by atoms with Gasteiger partial charge in [-0.2, -0.15) is 0 Å². The van der Waals surface area contributed by atoms with Crippen LogP contribution < -0.4 is 0 Å². The number of hydrogen-bond acceptors (Lipinski definition) is 0. The molecule has 0 N–H and O–H groups in total. The summed E-state index contributed by atoms with van der Waals surface area (Å²) >= 11 is 19.5. The maximum absolute atomic E-state index is 6.23. The van der Waals surface area contributed by atoms with Crippen LogP contribution in [0.3, 0.4) is 0 Å². The van der Waals surface area contributed by atoms with Crippen LogP contribution in [0.25, 0.3) is 0 Å². The highest BCUT2D eigenvalue weighted by atomic mass is 79.9. The summed E-state index contributed by atoms with van der Waals surface area (Å²) in [7, 11) is 0. The molecule has 0 fully saturated rings. The molecule has 0 bridgehead atoms. The van der Waals surface area contributed by atoms with Crippen molar-refractivity contribution in [1.82, 2.24) is 0 Å². The van der Waals surface area contributed by atoms with Crippen molar-refractivity contribution in [3.8, 4) is 0 Å². The average Bonchev–Trinajstić information content (AvgIpc) is 2.35. The van der Waals surface area contributed by atoms with Crippen LogP contribution >= 0.6 is 55.1 Å². The lowest BCUT2D eigenvalue weighted by molar-refractivity contribution is 1.14. The van der Waals surface area contributed by atoms with Gasteiger partial charge in [0.2, 0.25) is 0 Å². The third kappa shape index (κ3) is 2.93. The molecule has 1 atom stereocenters. The van der Waals surface area contributed by atoms with Gasteiger partial charge in [0.25, 0.3) is 0 Å². The van der Waals surface area contributed by atoms with Gasteiger partial charge in [0, 0.05) is 14.5 Å². The van der Waals surface area contributed by atoms with E-state index in [-0.39, 0.29) is 4.83 Å². The van der Waals surface area contributed by atoms with Crippen molar-refractivity contribution >= 4 is 55.1 Å². The summed E-state index contributed by atoms with van der Waals surface area (Å²) in [6.07, 6.45) is 0. The monoisotopic (exact) mass is 406 g/mol. The molecule has 2 aromatic carbocycles. The zero-order valence-corrected chi connectivity index (χ0v) is 14.2. The summed E-state index contributed by atoms with van der Waals surface area (Å²) < 4.78 is 1.09. The van der Waals surface area contributed by atoms with E-state index in [1.54, 1.807) is 6.07 Å². The van der Waals surface area contributed by atoms with Gasteiger partial charge in [0.15, 0.2) is 0 Å². The minimum absolute atomic E-state index is 0.0289. The van der Waals surface area contributed by atoms with Gasteiger partial charge in [0.1, 0.15) is 0 Å². The molecule has 0 saturated heterocycles. The summed E-state index contributed by atoms with van der Waals surface area (Å²) in [4.78, 5) is 0.0289. The quantitative estimate of drug-likeness (QED) is 0.494. The molecular formula is C14H10Br2Cl2. The van der Waals surface area contributed by atoms with E-state index in [0.29, 0.717) is 10.0 Å². The van der Waals surface area contributed by atoms with Crippen LogP contribution in [0.15, 0.2) is 40.9 Å². The molecule has 0 amide bonds. The maximum Gasteiger partial charge on any atom is 0.0662 e. The minimum atomic E-state index is 0.0289. The lowest BCUT2D eigenvalue weighted by Gasteiger charge is -2.16. The normalized spacial score (nSPS) is 12.5. The predicted molar refractivity (Wildman–Crippen MR) is 86.1 cm³/mol. The number of rotatable bonds is 2. The molecule has 2 rings (SSSR count). The SMILES string of the molecule is Cc1c(Br)cccc1C(Br)c1cc(Cl)ccc1Cl. The van der Waals surface area contributed by atoms with Gasteiger partial charge in [-0.05, 0) is 47.9 Å². The summed E-state index contributed by atoms with van der Waals surface area (Å²) in [5.41, 5.74) is 3.34. The molecule has 0 aromatic heterocycles. The second kappa shape index (κ2) is 5.96. The Morgan fingerprint density at radius 3 is 2.50 bits per heavy atom. The van der Waals surface area contributed by atoms with Crippen molar-refractivity contribution in [2.45, 2.75) is 11.8 Å². The third-order valence-corrected chi connectivity index (χ3v) is 5.24. The van der Waals surface area contributed by atoms with Crippen molar-refractivity contribution in [2.24, 2.45) is 0 Å². The van der Waals surface area contributed by atoms with Crippen molar-refractivity contribution in [2.75, 3.05) is 0 Å². The second-order valence-electron chi connectivity index (χ2n) is 3.98. The smallest absolute Gasteiger partial charge is 0.0662 e. The highest BCUT2D eigenvalue weighted by molar-refractivity contribution is 9.10. The van der Waals surface area contributed by atoms with Gasteiger partial charge in [0.05, 0.1) is 4.83 Å². The van der Waals surface area contributed by atoms with E-state index in [4.69, 9.17) is 23.2 Å². The Morgan fingerprint density at radius 1 is 1.06 bits per heavy atom. The van der Waals surface area contributed by atoms with Crippen molar-refractivity contribution in [3.05, 3.63) is 67.6 Å². The second-order valence-corrected chi connectivity index (χ2v) is 6.60. The number of hydrogen-bond donors (Lipinski definition) is 0. The summed E-state index contributed by atoms with van der Waals surface area (Å²) in [6.45, 7) is 2.08. The zero-order chi connectivity index (χ0) is 13.3. The molecule has 0 saturated carbocycles. The molecule has 1 unspecified atom stereocenters. The van der Waals surface area contributed by atoms with Gasteiger partial charge >= 0.3 is 0 Å². The first-order valence-corrected chi connectivity index (χ1v) is 7.81.